The van der Waals surface area contributed by atoms with E-state index in [0.717, 1.165) is 12.8 Å². The van der Waals surface area contributed by atoms with E-state index in [4.69, 9.17) is 12.6 Å². The maximum atomic E-state index is 11.8. The highest BCUT2D eigenvalue weighted by molar-refractivity contribution is 6.11. The first kappa shape index (κ1) is 13.6. The Labute approximate surface area is 104 Å². The molecular weight excluding hydrogens is 213 g/mol. The zero-order chi connectivity index (χ0) is 12.7. The van der Waals surface area contributed by atoms with E-state index in [0.29, 0.717) is 18.8 Å². The van der Waals surface area contributed by atoms with Crippen LogP contribution < -0.4 is 0 Å². The SMILES string of the molecule is [B]C1CCN(C(=O)OC(/C=C\C=C)=C/C)CC1. The summed E-state index contributed by atoms with van der Waals surface area (Å²) in [6.07, 6.45) is 8.19. The molecule has 0 aliphatic carbocycles. The van der Waals surface area contributed by atoms with Gasteiger partial charge in [0.25, 0.3) is 0 Å². The lowest BCUT2D eigenvalue weighted by atomic mass is 9.80. The fourth-order valence-electron chi connectivity index (χ4n) is 1.60. The highest BCUT2D eigenvalue weighted by atomic mass is 16.6. The van der Waals surface area contributed by atoms with Crippen molar-refractivity contribution in [1.82, 2.24) is 4.90 Å². The molecule has 17 heavy (non-hydrogen) atoms. The Kier molecular flexibility index (Phi) is 5.60. The molecule has 0 saturated carbocycles. The Morgan fingerprint density at radius 3 is 2.65 bits per heavy atom. The highest BCUT2D eigenvalue weighted by Crippen LogP contribution is 2.19. The lowest BCUT2D eigenvalue weighted by molar-refractivity contribution is 0.122. The fourth-order valence-corrected chi connectivity index (χ4v) is 1.60. The van der Waals surface area contributed by atoms with E-state index in [1.807, 2.05) is 6.92 Å². The average molecular weight is 231 g/mol. The van der Waals surface area contributed by atoms with Crippen molar-refractivity contribution in [2.75, 3.05) is 13.1 Å². The van der Waals surface area contributed by atoms with E-state index < -0.39 is 0 Å². The summed E-state index contributed by atoms with van der Waals surface area (Å²) in [5.74, 6) is 0.741. The van der Waals surface area contributed by atoms with Gasteiger partial charge in [0.2, 0.25) is 0 Å². The van der Waals surface area contributed by atoms with Crippen LogP contribution in [-0.4, -0.2) is 31.9 Å². The topological polar surface area (TPSA) is 29.5 Å². The quantitative estimate of drug-likeness (QED) is 0.424. The van der Waals surface area contributed by atoms with Gasteiger partial charge < -0.3 is 9.64 Å². The maximum Gasteiger partial charge on any atom is 0.415 e. The number of likely N-dealkylation sites (tertiary alicyclic amines) is 1. The minimum atomic E-state index is -0.307. The number of hydrogen-bond acceptors (Lipinski definition) is 2. The third-order valence-corrected chi connectivity index (χ3v) is 2.68. The van der Waals surface area contributed by atoms with Gasteiger partial charge in [-0.1, -0.05) is 24.5 Å². The van der Waals surface area contributed by atoms with E-state index in [2.05, 4.69) is 6.58 Å². The molecule has 1 amide bonds. The van der Waals surface area contributed by atoms with Gasteiger partial charge in [0.1, 0.15) is 5.76 Å². The summed E-state index contributed by atoms with van der Waals surface area (Å²) < 4.78 is 5.25. The van der Waals surface area contributed by atoms with Crippen molar-refractivity contribution in [3.05, 3.63) is 36.6 Å². The predicted molar refractivity (Wildman–Crippen MR) is 69.9 cm³/mol. The minimum absolute atomic E-state index is 0.209. The molecule has 1 rings (SSSR count). The molecule has 2 radical (unpaired) electrons. The Morgan fingerprint density at radius 2 is 2.12 bits per heavy atom. The standard InChI is InChI=1S/C13H18BNO2/c1-3-5-6-12(4-2)17-13(16)15-9-7-11(14)8-10-15/h3-6,11H,1,7-10H2,2H3/b6-5-,12-4+. The molecule has 1 aliphatic heterocycles. The van der Waals surface area contributed by atoms with Gasteiger partial charge in [0, 0.05) is 13.1 Å². The second-order valence-electron chi connectivity index (χ2n) is 3.98. The number of ether oxygens (including phenoxy) is 1. The lowest BCUT2D eigenvalue weighted by Crippen LogP contribution is -2.37. The third kappa shape index (κ3) is 4.51. The van der Waals surface area contributed by atoms with Crippen LogP contribution in [0.1, 0.15) is 19.8 Å². The van der Waals surface area contributed by atoms with Crippen LogP contribution in [-0.2, 0) is 4.74 Å². The van der Waals surface area contributed by atoms with Gasteiger partial charge in [-0.2, -0.15) is 0 Å². The van der Waals surface area contributed by atoms with Crippen LogP contribution in [0.25, 0.3) is 0 Å². The zero-order valence-electron chi connectivity index (χ0n) is 10.3. The first-order valence-electron chi connectivity index (χ1n) is 5.85. The molecule has 0 aromatic heterocycles. The van der Waals surface area contributed by atoms with Crippen molar-refractivity contribution in [2.45, 2.75) is 25.6 Å². The molecule has 1 aliphatic rings. The van der Waals surface area contributed by atoms with Gasteiger partial charge in [-0.05, 0) is 31.9 Å². The maximum absolute atomic E-state index is 11.8. The van der Waals surface area contributed by atoms with Crippen molar-refractivity contribution in [1.29, 1.82) is 0 Å². The lowest BCUT2D eigenvalue weighted by Gasteiger charge is -2.29. The van der Waals surface area contributed by atoms with Crippen LogP contribution >= 0.6 is 0 Å². The van der Waals surface area contributed by atoms with Gasteiger partial charge in [0.05, 0.1) is 7.85 Å². The van der Waals surface area contributed by atoms with Gasteiger partial charge >= 0.3 is 6.09 Å². The first-order chi connectivity index (χ1) is 8.17. The minimum Gasteiger partial charge on any atom is -0.411 e. The molecule has 3 nitrogen and oxygen atoms in total. The number of rotatable bonds is 3. The van der Waals surface area contributed by atoms with Crippen LogP contribution in [0.5, 0.6) is 0 Å². The Hall–Kier alpha value is -1.45. The predicted octanol–water partition coefficient (Wildman–Crippen LogP) is 2.82. The number of amides is 1. The summed E-state index contributed by atoms with van der Waals surface area (Å²) >= 11 is 0. The van der Waals surface area contributed by atoms with Crippen molar-refractivity contribution in [3.8, 4) is 0 Å². The number of carbonyl (C=O) groups excluding carboxylic acids is 1. The molecule has 90 valence electrons. The Bertz CT molecular complexity index is 328. The first-order valence-corrected chi connectivity index (χ1v) is 5.85. The molecule has 0 N–H and O–H groups in total. The van der Waals surface area contributed by atoms with E-state index >= 15 is 0 Å². The number of hydrogen-bond donors (Lipinski definition) is 0. The number of piperidine rings is 1. The largest absolute Gasteiger partial charge is 0.415 e. The van der Waals surface area contributed by atoms with Crippen LogP contribution in [0.4, 0.5) is 4.79 Å². The summed E-state index contributed by atoms with van der Waals surface area (Å²) in [4.78, 5) is 13.5. The molecule has 0 spiro atoms. The van der Waals surface area contributed by atoms with E-state index in [9.17, 15) is 4.79 Å². The average Bonchev–Trinajstić information content (AvgIpc) is 2.35. The fraction of sp³-hybridized carbons (Fsp3) is 0.462. The summed E-state index contributed by atoms with van der Waals surface area (Å²) in [6.45, 7) is 6.72. The number of carbonyl (C=O) groups is 1. The van der Waals surface area contributed by atoms with Crippen LogP contribution in [0.15, 0.2) is 36.6 Å². The van der Waals surface area contributed by atoms with Crippen LogP contribution in [0.3, 0.4) is 0 Å². The zero-order valence-corrected chi connectivity index (χ0v) is 10.3. The van der Waals surface area contributed by atoms with Gasteiger partial charge in [-0.3, -0.25) is 0 Å². The molecular formula is C13H18BNO2. The van der Waals surface area contributed by atoms with Crippen molar-refractivity contribution in [2.24, 2.45) is 0 Å². The normalized spacial score (nSPS) is 18.4. The third-order valence-electron chi connectivity index (χ3n) is 2.68. The Morgan fingerprint density at radius 1 is 1.47 bits per heavy atom. The molecule has 0 bridgehead atoms. The van der Waals surface area contributed by atoms with Crippen molar-refractivity contribution < 1.29 is 9.53 Å². The highest BCUT2D eigenvalue weighted by Gasteiger charge is 2.21. The van der Waals surface area contributed by atoms with Gasteiger partial charge in [0.15, 0.2) is 0 Å². The van der Waals surface area contributed by atoms with Crippen LogP contribution in [0, 0.1) is 0 Å². The van der Waals surface area contributed by atoms with E-state index in [-0.39, 0.29) is 11.9 Å². The van der Waals surface area contributed by atoms with Gasteiger partial charge in [-0.15, -0.1) is 0 Å². The van der Waals surface area contributed by atoms with Crippen molar-refractivity contribution in [3.63, 3.8) is 0 Å². The summed E-state index contributed by atoms with van der Waals surface area (Å²) in [6, 6.07) is 0. The second kappa shape index (κ2) is 6.99. The molecule has 1 fully saturated rings. The second-order valence-corrected chi connectivity index (χ2v) is 3.98. The number of nitrogens with zero attached hydrogens (tertiary/aromatic N) is 1. The van der Waals surface area contributed by atoms with Crippen LogP contribution in [0.2, 0.25) is 5.82 Å². The molecule has 1 saturated heterocycles. The molecule has 0 unspecified atom stereocenters. The van der Waals surface area contributed by atoms with E-state index in [1.54, 1.807) is 29.2 Å². The summed E-state index contributed by atoms with van der Waals surface area (Å²) in [7, 11) is 5.78. The van der Waals surface area contributed by atoms with E-state index in [1.165, 1.54) is 0 Å². The number of allylic oxidation sites excluding steroid dienone is 4. The van der Waals surface area contributed by atoms with Gasteiger partial charge in [-0.25, -0.2) is 4.79 Å². The molecule has 0 aromatic rings. The molecule has 4 heteroatoms. The summed E-state index contributed by atoms with van der Waals surface area (Å²) in [5.41, 5.74) is 0. The molecule has 1 heterocycles. The molecule has 0 atom stereocenters. The smallest absolute Gasteiger partial charge is 0.411 e. The summed E-state index contributed by atoms with van der Waals surface area (Å²) in [5, 5.41) is 0. The monoisotopic (exact) mass is 231 g/mol. The van der Waals surface area contributed by atoms with Crippen molar-refractivity contribution >= 4 is 13.9 Å². The molecule has 0 aromatic carbocycles. The Balaban J connectivity index is 2.48.